The Bertz CT molecular complexity index is 311. The van der Waals surface area contributed by atoms with E-state index in [9.17, 15) is 4.79 Å². The highest BCUT2D eigenvalue weighted by molar-refractivity contribution is 5.94. The average Bonchev–Trinajstić information content (AvgIpc) is 2.34. The van der Waals surface area contributed by atoms with Crippen LogP contribution in [0.5, 0.6) is 0 Å². The Hall–Kier alpha value is -1.35. The monoisotopic (exact) mass is 220 g/mol. The van der Waals surface area contributed by atoms with Gasteiger partial charge in [-0.05, 0) is 18.6 Å². The largest absolute Gasteiger partial charge is 0.350 e. The number of amides is 1. The van der Waals surface area contributed by atoms with Gasteiger partial charge in [0.1, 0.15) is 0 Å². The Balaban J connectivity index is 2.30. The molecule has 1 aromatic carbocycles. The summed E-state index contributed by atoms with van der Waals surface area (Å²) in [6.07, 6.45) is 3.22. The molecule has 0 saturated heterocycles. The highest BCUT2D eigenvalue weighted by Crippen LogP contribution is 1.99. The van der Waals surface area contributed by atoms with Crippen LogP contribution in [-0.4, -0.2) is 18.5 Å². The second-order valence-corrected chi connectivity index (χ2v) is 3.98. The number of benzene rings is 1. The van der Waals surface area contributed by atoms with Crippen LogP contribution < -0.4 is 11.1 Å². The zero-order chi connectivity index (χ0) is 11.8. The van der Waals surface area contributed by atoms with Crippen molar-refractivity contribution in [3.8, 4) is 0 Å². The summed E-state index contributed by atoms with van der Waals surface area (Å²) in [5.74, 6) is -0.0486. The summed E-state index contributed by atoms with van der Waals surface area (Å²) >= 11 is 0. The Kier molecular flexibility index (Phi) is 5.57. The van der Waals surface area contributed by atoms with E-state index in [1.165, 1.54) is 0 Å². The summed E-state index contributed by atoms with van der Waals surface area (Å²) in [6.45, 7) is 2.68. The minimum atomic E-state index is -0.0486. The minimum absolute atomic E-state index is 0.0486. The molecule has 1 rings (SSSR count). The zero-order valence-electron chi connectivity index (χ0n) is 9.78. The van der Waals surface area contributed by atoms with Gasteiger partial charge in [-0.3, -0.25) is 4.79 Å². The Morgan fingerprint density at radius 3 is 2.69 bits per heavy atom. The predicted molar refractivity (Wildman–Crippen MR) is 66.3 cm³/mol. The summed E-state index contributed by atoms with van der Waals surface area (Å²) < 4.78 is 0. The topological polar surface area (TPSA) is 55.1 Å². The fourth-order valence-electron chi connectivity index (χ4n) is 1.48. The number of hydrogen-bond acceptors (Lipinski definition) is 2. The maximum atomic E-state index is 11.7. The quantitative estimate of drug-likeness (QED) is 0.769. The second-order valence-electron chi connectivity index (χ2n) is 3.98. The number of hydrogen-bond donors (Lipinski definition) is 2. The molecule has 1 aromatic rings. The van der Waals surface area contributed by atoms with Crippen LogP contribution in [0.15, 0.2) is 30.3 Å². The lowest BCUT2D eigenvalue weighted by atomic mass is 10.1. The number of unbranched alkanes of at least 4 members (excludes halogenated alkanes) is 1. The van der Waals surface area contributed by atoms with Gasteiger partial charge in [-0.25, -0.2) is 0 Å². The van der Waals surface area contributed by atoms with Crippen LogP contribution in [0.4, 0.5) is 0 Å². The van der Waals surface area contributed by atoms with Crippen molar-refractivity contribution < 1.29 is 4.79 Å². The van der Waals surface area contributed by atoms with Crippen molar-refractivity contribution in [1.29, 1.82) is 0 Å². The van der Waals surface area contributed by atoms with E-state index in [-0.39, 0.29) is 11.9 Å². The van der Waals surface area contributed by atoms with E-state index >= 15 is 0 Å². The van der Waals surface area contributed by atoms with Crippen molar-refractivity contribution in [3.05, 3.63) is 35.9 Å². The lowest BCUT2D eigenvalue weighted by molar-refractivity contribution is 0.0950. The molecule has 0 heterocycles. The molecule has 0 aromatic heterocycles. The van der Waals surface area contributed by atoms with E-state index in [1.54, 1.807) is 12.1 Å². The standard InChI is InChI=1S/C13H20N2O/c1-2-3-9-12(14)10-15-13(16)11-7-5-4-6-8-11/h4-8,12H,2-3,9-10,14H2,1H3,(H,15,16). The molecule has 88 valence electrons. The molecule has 0 saturated carbocycles. The number of nitrogens with one attached hydrogen (secondary N) is 1. The molecule has 0 aliphatic rings. The highest BCUT2D eigenvalue weighted by atomic mass is 16.1. The van der Waals surface area contributed by atoms with Gasteiger partial charge in [0.2, 0.25) is 0 Å². The van der Waals surface area contributed by atoms with E-state index in [0.29, 0.717) is 12.1 Å². The van der Waals surface area contributed by atoms with E-state index in [0.717, 1.165) is 19.3 Å². The SMILES string of the molecule is CCCCC(N)CNC(=O)c1ccccc1. The van der Waals surface area contributed by atoms with Gasteiger partial charge in [0.15, 0.2) is 0 Å². The molecule has 1 atom stereocenters. The molecule has 0 bridgehead atoms. The summed E-state index contributed by atoms with van der Waals surface area (Å²) in [5, 5.41) is 2.84. The van der Waals surface area contributed by atoms with Crippen molar-refractivity contribution in [2.45, 2.75) is 32.2 Å². The average molecular weight is 220 g/mol. The van der Waals surface area contributed by atoms with Crippen molar-refractivity contribution in [3.63, 3.8) is 0 Å². The van der Waals surface area contributed by atoms with Crippen LogP contribution in [0.2, 0.25) is 0 Å². The third kappa shape index (κ3) is 4.45. The molecule has 16 heavy (non-hydrogen) atoms. The Morgan fingerprint density at radius 2 is 2.06 bits per heavy atom. The molecule has 3 heteroatoms. The molecule has 3 N–H and O–H groups in total. The first kappa shape index (κ1) is 12.7. The molecule has 1 unspecified atom stereocenters. The minimum Gasteiger partial charge on any atom is -0.350 e. The smallest absolute Gasteiger partial charge is 0.251 e. The van der Waals surface area contributed by atoms with Gasteiger partial charge in [0, 0.05) is 18.2 Å². The first-order chi connectivity index (χ1) is 7.74. The normalized spacial score (nSPS) is 12.1. The van der Waals surface area contributed by atoms with Gasteiger partial charge in [0.05, 0.1) is 0 Å². The molecular formula is C13H20N2O. The molecule has 1 amide bonds. The van der Waals surface area contributed by atoms with Gasteiger partial charge in [0.25, 0.3) is 5.91 Å². The van der Waals surface area contributed by atoms with Crippen LogP contribution in [0, 0.1) is 0 Å². The van der Waals surface area contributed by atoms with Gasteiger partial charge < -0.3 is 11.1 Å². The Morgan fingerprint density at radius 1 is 1.38 bits per heavy atom. The predicted octanol–water partition coefficient (Wildman–Crippen LogP) is 1.93. The Labute approximate surface area is 97.0 Å². The van der Waals surface area contributed by atoms with Crippen molar-refractivity contribution in [1.82, 2.24) is 5.32 Å². The first-order valence-corrected chi connectivity index (χ1v) is 5.83. The molecular weight excluding hydrogens is 200 g/mol. The van der Waals surface area contributed by atoms with E-state index in [1.807, 2.05) is 18.2 Å². The molecule has 3 nitrogen and oxygen atoms in total. The zero-order valence-corrected chi connectivity index (χ0v) is 9.78. The molecule has 0 radical (unpaired) electrons. The molecule has 0 spiro atoms. The second kappa shape index (κ2) is 7.01. The fraction of sp³-hybridized carbons (Fsp3) is 0.462. The van der Waals surface area contributed by atoms with E-state index in [4.69, 9.17) is 5.73 Å². The number of nitrogens with two attached hydrogens (primary N) is 1. The van der Waals surface area contributed by atoms with Crippen LogP contribution in [-0.2, 0) is 0 Å². The maximum absolute atomic E-state index is 11.7. The summed E-state index contributed by atoms with van der Waals surface area (Å²) in [6, 6.07) is 9.26. The summed E-state index contributed by atoms with van der Waals surface area (Å²) in [5.41, 5.74) is 6.56. The maximum Gasteiger partial charge on any atom is 0.251 e. The van der Waals surface area contributed by atoms with Crippen molar-refractivity contribution in [2.75, 3.05) is 6.54 Å². The highest BCUT2D eigenvalue weighted by Gasteiger charge is 2.06. The van der Waals surface area contributed by atoms with E-state index < -0.39 is 0 Å². The van der Waals surface area contributed by atoms with Crippen LogP contribution in [0.25, 0.3) is 0 Å². The fourth-order valence-corrected chi connectivity index (χ4v) is 1.48. The number of carbonyl (C=O) groups is 1. The molecule has 0 fully saturated rings. The number of rotatable bonds is 6. The van der Waals surface area contributed by atoms with Gasteiger partial charge in [-0.2, -0.15) is 0 Å². The third-order valence-corrected chi connectivity index (χ3v) is 2.49. The van der Waals surface area contributed by atoms with Crippen LogP contribution >= 0.6 is 0 Å². The van der Waals surface area contributed by atoms with E-state index in [2.05, 4.69) is 12.2 Å². The summed E-state index contributed by atoms with van der Waals surface area (Å²) in [4.78, 5) is 11.7. The van der Waals surface area contributed by atoms with Crippen molar-refractivity contribution in [2.24, 2.45) is 5.73 Å². The van der Waals surface area contributed by atoms with Gasteiger partial charge in [-0.15, -0.1) is 0 Å². The first-order valence-electron chi connectivity index (χ1n) is 5.83. The molecule has 0 aliphatic carbocycles. The lowest BCUT2D eigenvalue weighted by Crippen LogP contribution is -2.37. The lowest BCUT2D eigenvalue weighted by Gasteiger charge is -2.12. The third-order valence-electron chi connectivity index (χ3n) is 2.49. The van der Waals surface area contributed by atoms with Crippen molar-refractivity contribution >= 4 is 5.91 Å². The van der Waals surface area contributed by atoms with Gasteiger partial charge in [-0.1, -0.05) is 38.0 Å². The summed E-state index contributed by atoms with van der Waals surface area (Å²) in [7, 11) is 0. The molecule has 0 aliphatic heterocycles. The number of carbonyl (C=O) groups excluding carboxylic acids is 1. The van der Waals surface area contributed by atoms with Crippen LogP contribution in [0.3, 0.4) is 0 Å². The van der Waals surface area contributed by atoms with Crippen LogP contribution in [0.1, 0.15) is 36.5 Å². The van der Waals surface area contributed by atoms with Gasteiger partial charge >= 0.3 is 0 Å².